The highest BCUT2D eigenvalue weighted by atomic mass is 32.1. The lowest BCUT2D eigenvalue weighted by Crippen LogP contribution is -2.47. The molecule has 3 N–H and O–H groups in total. The fraction of sp³-hybridized carbons (Fsp3) is 0.273. The summed E-state index contributed by atoms with van der Waals surface area (Å²) >= 11 is 1.30. The maximum atomic E-state index is 12.6. The smallest absolute Gasteiger partial charge is 0.338 e. The highest BCUT2D eigenvalue weighted by Gasteiger charge is 2.34. The van der Waals surface area contributed by atoms with E-state index in [1.807, 2.05) is 6.07 Å². The minimum atomic E-state index is -0.747. The molecular weight excluding hydrogens is 434 g/mol. The average Bonchev–Trinajstić information content (AvgIpc) is 3.33. The number of thiophene rings is 1. The van der Waals surface area contributed by atoms with Gasteiger partial charge in [0.2, 0.25) is 0 Å². The zero-order valence-electron chi connectivity index (χ0n) is 17.4. The maximum Gasteiger partial charge on any atom is 0.338 e. The van der Waals surface area contributed by atoms with Crippen molar-refractivity contribution in [1.29, 1.82) is 0 Å². The van der Waals surface area contributed by atoms with Crippen LogP contribution in [0.3, 0.4) is 0 Å². The van der Waals surface area contributed by atoms with Gasteiger partial charge in [-0.3, -0.25) is 9.59 Å². The third kappa shape index (κ3) is 5.94. The molecule has 10 heteroatoms. The van der Waals surface area contributed by atoms with E-state index in [0.717, 1.165) is 0 Å². The molecule has 1 aromatic heterocycles. The van der Waals surface area contributed by atoms with Crippen LogP contribution in [0.2, 0.25) is 0 Å². The number of amides is 3. The van der Waals surface area contributed by atoms with Crippen molar-refractivity contribution < 1.29 is 28.7 Å². The number of urea groups is 1. The van der Waals surface area contributed by atoms with Crippen LogP contribution in [0.25, 0.3) is 0 Å². The highest BCUT2D eigenvalue weighted by molar-refractivity contribution is 7.12. The molecule has 0 bridgehead atoms. The Hall–Kier alpha value is -3.66. The molecule has 9 nitrogen and oxygen atoms in total. The Bertz CT molecular complexity index is 1000. The van der Waals surface area contributed by atoms with Gasteiger partial charge in [-0.1, -0.05) is 36.4 Å². The Labute approximate surface area is 188 Å². The zero-order valence-corrected chi connectivity index (χ0v) is 18.2. The minimum Gasteiger partial charge on any atom is -0.463 e. The third-order valence-corrected chi connectivity index (χ3v) is 5.39. The molecule has 168 valence electrons. The molecule has 32 heavy (non-hydrogen) atoms. The van der Waals surface area contributed by atoms with Gasteiger partial charge in [-0.2, -0.15) is 0 Å². The van der Waals surface area contributed by atoms with Gasteiger partial charge in [-0.05, 0) is 23.9 Å². The van der Waals surface area contributed by atoms with Gasteiger partial charge < -0.3 is 25.4 Å². The first-order valence-corrected chi connectivity index (χ1v) is 10.9. The van der Waals surface area contributed by atoms with Crippen LogP contribution in [0.15, 0.2) is 59.1 Å². The molecule has 3 rings (SSSR count). The fourth-order valence-electron chi connectivity index (χ4n) is 3.07. The lowest BCUT2D eigenvalue weighted by Gasteiger charge is -2.29. The summed E-state index contributed by atoms with van der Waals surface area (Å²) < 4.78 is 10.4. The number of carbonyl (C=O) groups is 4. The molecule has 2 heterocycles. The number of nitrogens with one attached hydrogen (secondary N) is 3. The van der Waals surface area contributed by atoms with E-state index in [4.69, 9.17) is 9.47 Å². The number of benzene rings is 1. The second-order valence-corrected chi connectivity index (χ2v) is 7.65. The van der Waals surface area contributed by atoms with Crippen molar-refractivity contribution in [3.05, 3.63) is 69.6 Å². The van der Waals surface area contributed by atoms with E-state index in [1.54, 1.807) is 48.7 Å². The number of hydrogen-bond acceptors (Lipinski definition) is 7. The van der Waals surface area contributed by atoms with Crippen LogP contribution in [-0.2, 0) is 19.1 Å². The van der Waals surface area contributed by atoms with Crippen molar-refractivity contribution in [1.82, 2.24) is 16.0 Å². The van der Waals surface area contributed by atoms with Crippen LogP contribution in [0, 0.1) is 0 Å². The molecule has 1 aliphatic rings. The molecule has 0 saturated carbocycles. The van der Waals surface area contributed by atoms with Gasteiger partial charge in [0, 0.05) is 6.54 Å². The van der Waals surface area contributed by atoms with Gasteiger partial charge in [0.25, 0.3) is 5.91 Å². The Morgan fingerprint density at radius 3 is 2.56 bits per heavy atom. The zero-order chi connectivity index (χ0) is 22.9. The molecule has 0 spiro atoms. The average molecular weight is 458 g/mol. The van der Waals surface area contributed by atoms with Crippen molar-refractivity contribution in [2.75, 3.05) is 19.8 Å². The largest absolute Gasteiger partial charge is 0.463 e. The van der Waals surface area contributed by atoms with E-state index in [0.29, 0.717) is 10.4 Å². The molecule has 0 saturated heterocycles. The van der Waals surface area contributed by atoms with Crippen LogP contribution in [0.5, 0.6) is 0 Å². The van der Waals surface area contributed by atoms with Crippen LogP contribution in [0.4, 0.5) is 4.79 Å². The summed E-state index contributed by atoms with van der Waals surface area (Å²) in [5.41, 5.74) is 0.999. The minimum absolute atomic E-state index is 0.0621. The molecule has 1 aliphatic heterocycles. The highest BCUT2D eigenvalue weighted by Crippen LogP contribution is 2.27. The quantitative estimate of drug-likeness (QED) is 0.497. The van der Waals surface area contributed by atoms with E-state index in [9.17, 15) is 19.2 Å². The fourth-order valence-corrected chi connectivity index (χ4v) is 3.72. The predicted octanol–water partition coefficient (Wildman–Crippen LogP) is 2.28. The molecule has 2 aromatic rings. The van der Waals surface area contributed by atoms with Crippen molar-refractivity contribution in [3.63, 3.8) is 0 Å². The number of ether oxygens (including phenoxy) is 2. The van der Waals surface area contributed by atoms with E-state index in [1.165, 1.54) is 11.3 Å². The van der Waals surface area contributed by atoms with Crippen molar-refractivity contribution in [2.24, 2.45) is 0 Å². The van der Waals surface area contributed by atoms with E-state index < -0.39 is 24.0 Å². The number of rotatable bonds is 9. The summed E-state index contributed by atoms with van der Waals surface area (Å²) in [5.74, 6) is -1.48. The molecule has 1 unspecified atom stereocenters. The summed E-state index contributed by atoms with van der Waals surface area (Å²) in [4.78, 5) is 49.4. The van der Waals surface area contributed by atoms with E-state index >= 15 is 0 Å². The first-order valence-electron chi connectivity index (χ1n) is 9.99. The van der Waals surface area contributed by atoms with E-state index in [2.05, 4.69) is 16.0 Å². The van der Waals surface area contributed by atoms with Crippen molar-refractivity contribution in [2.45, 2.75) is 19.4 Å². The summed E-state index contributed by atoms with van der Waals surface area (Å²) in [5, 5.41) is 9.66. The van der Waals surface area contributed by atoms with Gasteiger partial charge in [0.1, 0.15) is 6.61 Å². The molecule has 0 fully saturated rings. The van der Waals surface area contributed by atoms with Gasteiger partial charge in [0.05, 0.1) is 35.2 Å². The van der Waals surface area contributed by atoms with Crippen LogP contribution < -0.4 is 16.0 Å². The van der Waals surface area contributed by atoms with Crippen molar-refractivity contribution >= 4 is 35.2 Å². The Kier molecular flexibility index (Phi) is 7.98. The molecule has 0 radical (unpaired) electrons. The molecule has 0 aliphatic carbocycles. The molecule has 3 amide bonds. The third-order valence-electron chi connectivity index (χ3n) is 4.52. The second kappa shape index (κ2) is 11.1. The lowest BCUT2D eigenvalue weighted by atomic mass is 9.95. The Morgan fingerprint density at radius 2 is 1.88 bits per heavy atom. The second-order valence-electron chi connectivity index (χ2n) is 6.70. The number of carbonyl (C=O) groups excluding carboxylic acids is 4. The Balaban J connectivity index is 1.66. The molecule has 1 aromatic carbocycles. The predicted molar refractivity (Wildman–Crippen MR) is 117 cm³/mol. The normalized spacial score (nSPS) is 15.4. The summed E-state index contributed by atoms with van der Waals surface area (Å²) in [6.07, 6.45) is -0.0621. The topological polar surface area (TPSA) is 123 Å². The summed E-state index contributed by atoms with van der Waals surface area (Å²) in [6.45, 7) is 1.60. The van der Waals surface area contributed by atoms with Crippen LogP contribution >= 0.6 is 11.3 Å². The first-order chi connectivity index (χ1) is 15.5. The van der Waals surface area contributed by atoms with E-state index in [-0.39, 0.29) is 43.4 Å². The molecule has 1 atom stereocenters. The first kappa shape index (κ1) is 23.0. The standard InChI is InChI=1S/C22H23N3O6S/c1-2-30-21(28)18-15(24-22(29)25-19(18)14-7-4-3-5-8-14)13-31-17(26)10-11-23-20(27)16-9-6-12-32-16/h3-9,12,19H,2,10-11,13H2,1H3,(H,23,27)(H2,24,25,29). The van der Waals surface area contributed by atoms with Crippen molar-refractivity contribution in [3.8, 4) is 0 Å². The van der Waals surface area contributed by atoms with Gasteiger partial charge >= 0.3 is 18.0 Å². The summed E-state index contributed by atoms with van der Waals surface area (Å²) in [6, 6.07) is 11.1. The van der Waals surface area contributed by atoms with Gasteiger partial charge in [0.15, 0.2) is 0 Å². The summed E-state index contributed by atoms with van der Waals surface area (Å²) in [7, 11) is 0. The maximum absolute atomic E-state index is 12.6. The van der Waals surface area contributed by atoms with Gasteiger partial charge in [-0.15, -0.1) is 11.3 Å². The van der Waals surface area contributed by atoms with Crippen LogP contribution in [0.1, 0.15) is 34.6 Å². The van der Waals surface area contributed by atoms with Gasteiger partial charge in [-0.25, -0.2) is 9.59 Å². The Morgan fingerprint density at radius 1 is 1.09 bits per heavy atom. The number of esters is 2. The molecular formula is C22H23N3O6S. The SMILES string of the molecule is CCOC(=O)C1=C(COC(=O)CCNC(=O)c2cccs2)NC(=O)NC1c1ccccc1. The number of hydrogen-bond donors (Lipinski definition) is 3. The van der Waals surface area contributed by atoms with Crippen LogP contribution in [-0.4, -0.2) is 43.6 Å². The lowest BCUT2D eigenvalue weighted by molar-refractivity contribution is -0.143. The monoisotopic (exact) mass is 457 g/mol.